The molecule has 0 aliphatic heterocycles. The zero-order valence-corrected chi connectivity index (χ0v) is 15.3. The minimum atomic E-state index is -1.11. The molecule has 1 aromatic rings. The first-order valence-electron chi connectivity index (χ1n) is 6.48. The Balaban J connectivity index is 2.98. The fourth-order valence-corrected chi connectivity index (χ4v) is 3.33. The van der Waals surface area contributed by atoms with Gasteiger partial charge in [0.05, 0.1) is 11.3 Å². The van der Waals surface area contributed by atoms with Crippen LogP contribution in [0.25, 0.3) is 0 Å². The Hall–Kier alpha value is -1.08. The number of hydrogen-bond donors (Lipinski definition) is 3. The first-order valence-corrected chi connectivity index (χ1v) is 8.06. The van der Waals surface area contributed by atoms with Gasteiger partial charge >= 0.3 is 12.0 Å². The minimum absolute atomic E-state index is 0.0136. The van der Waals surface area contributed by atoms with Crippen molar-refractivity contribution in [2.45, 2.75) is 39.2 Å². The van der Waals surface area contributed by atoms with E-state index in [0.29, 0.717) is 8.95 Å². The average Bonchev–Trinajstić information content (AvgIpc) is 2.30. The van der Waals surface area contributed by atoms with Crippen molar-refractivity contribution in [1.82, 2.24) is 5.32 Å². The number of benzene rings is 1. The third-order valence-electron chi connectivity index (χ3n) is 2.85. The van der Waals surface area contributed by atoms with Crippen LogP contribution in [-0.4, -0.2) is 22.6 Å². The van der Waals surface area contributed by atoms with E-state index < -0.39 is 12.0 Å². The van der Waals surface area contributed by atoms with Gasteiger partial charge < -0.3 is 15.7 Å². The highest BCUT2D eigenvalue weighted by atomic mass is 79.9. The van der Waals surface area contributed by atoms with E-state index in [-0.39, 0.29) is 16.8 Å². The summed E-state index contributed by atoms with van der Waals surface area (Å²) in [6, 6.07) is 2.69. The lowest BCUT2D eigenvalue weighted by atomic mass is 9.99. The van der Waals surface area contributed by atoms with E-state index >= 15 is 0 Å². The maximum absolute atomic E-state index is 12.1. The molecular weight excluding hydrogens is 404 g/mol. The molecule has 0 bridgehead atoms. The van der Waals surface area contributed by atoms with Crippen LogP contribution in [0.3, 0.4) is 0 Å². The highest BCUT2D eigenvalue weighted by Crippen LogP contribution is 2.31. The van der Waals surface area contributed by atoms with Gasteiger partial charge in [0.2, 0.25) is 0 Å². The Morgan fingerprint density at radius 3 is 2.43 bits per heavy atom. The molecule has 21 heavy (non-hydrogen) atoms. The quantitative estimate of drug-likeness (QED) is 0.649. The summed E-state index contributed by atoms with van der Waals surface area (Å²) in [5.74, 6) is -1.11. The van der Waals surface area contributed by atoms with Gasteiger partial charge in [-0.3, -0.25) is 0 Å². The molecule has 2 amide bonds. The van der Waals surface area contributed by atoms with Crippen LogP contribution in [0.4, 0.5) is 10.5 Å². The van der Waals surface area contributed by atoms with Crippen LogP contribution < -0.4 is 10.6 Å². The first kappa shape index (κ1) is 18.0. The van der Waals surface area contributed by atoms with E-state index in [4.69, 9.17) is 0 Å². The standard InChI is InChI=1S/C14H18Br2N2O3/c1-4-5-14(2,3)18-13(21)17-11-9(12(19)20)6-8(15)7-10(11)16/h6-7H,4-5H2,1-3H3,(H,19,20)(H2,17,18,21). The molecule has 5 nitrogen and oxygen atoms in total. The van der Waals surface area contributed by atoms with Crippen molar-refractivity contribution >= 4 is 49.5 Å². The van der Waals surface area contributed by atoms with Crippen LogP contribution in [0.5, 0.6) is 0 Å². The van der Waals surface area contributed by atoms with E-state index in [1.165, 1.54) is 6.07 Å². The second kappa shape index (κ2) is 7.26. The molecule has 0 saturated carbocycles. The van der Waals surface area contributed by atoms with E-state index in [1.807, 2.05) is 20.8 Å². The van der Waals surface area contributed by atoms with Crippen molar-refractivity contribution in [3.63, 3.8) is 0 Å². The summed E-state index contributed by atoms with van der Waals surface area (Å²) in [4.78, 5) is 23.3. The molecule has 0 atom stereocenters. The van der Waals surface area contributed by atoms with Gasteiger partial charge in [-0.15, -0.1) is 0 Å². The molecule has 116 valence electrons. The van der Waals surface area contributed by atoms with Crippen LogP contribution in [0.2, 0.25) is 0 Å². The van der Waals surface area contributed by atoms with Crippen LogP contribution in [-0.2, 0) is 0 Å². The summed E-state index contributed by atoms with van der Waals surface area (Å²) in [5, 5.41) is 14.7. The fourth-order valence-electron chi connectivity index (χ4n) is 2.01. The number of amides is 2. The van der Waals surface area contributed by atoms with Gasteiger partial charge in [0, 0.05) is 14.5 Å². The van der Waals surface area contributed by atoms with Crippen molar-refractivity contribution < 1.29 is 14.7 Å². The van der Waals surface area contributed by atoms with Crippen molar-refractivity contribution in [2.75, 3.05) is 5.32 Å². The highest BCUT2D eigenvalue weighted by Gasteiger charge is 2.22. The van der Waals surface area contributed by atoms with E-state index in [0.717, 1.165) is 12.8 Å². The maximum atomic E-state index is 12.1. The first-order chi connectivity index (χ1) is 9.66. The summed E-state index contributed by atoms with van der Waals surface area (Å²) >= 11 is 6.50. The van der Waals surface area contributed by atoms with Gasteiger partial charge in [0.25, 0.3) is 0 Å². The van der Waals surface area contributed by atoms with Gasteiger partial charge in [-0.25, -0.2) is 9.59 Å². The SMILES string of the molecule is CCCC(C)(C)NC(=O)Nc1c(Br)cc(Br)cc1C(=O)O. The molecule has 1 aromatic carbocycles. The number of anilines is 1. The van der Waals surface area contributed by atoms with Crippen LogP contribution >= 0.6 is 31.9 Å². The fraction of sp³-hybridized carbons (Fsp3) is 0.429. The number of rotatable bonds is 5. The lowest BCUT2D eigenvalue weighted by molar-refractivity contribution is 0.0698. The van der Waals surface area contributed by atoms with Gasteiger partial charge in [0.1, 0.15) is 0 Å². The Kier molecular flexibility index (Phi) is 6.22. The molecular formula is C14H18Br2N2O3. The Labute approximate surface area is 140 Å². The summed E-state index contributed by atoms with van der Waals surface area (Å²) < 4.78 is 1.11. The van der Waals surface area contributed by atoms with Gasteiger partial charge in [0.15, 0.2) is 0 Å². The number of carboxylic acids is 1. The van der Waals surface area contributed by atoms with Crippen LogP contribution in [0.15, 0.2) is 21.1 Å². The summed E-state index contributed by atoms with van der Waals surface area (Å²) in [6.45, 7) is 5.88. The second-order valence-electron chi connectivity index (χ2n) is 5.33. The highest BCUT2D eigenvalue weighted by molar-refractivity contribution is 9.11. The largest absolute Gasteiger partial charge is 0.478 e. The Morgan fingerprint density at radius 1 is 1.29 bits per heavy atom. The van der Waals surface area contributed by atoms with Crippen LogP contribution in [0.1, 0.15) is 44.0 Å². The predicted octanol–water partition coefficient (Wildman–Crippen LogP) is 4.61. The Bertz CT molecular complexity index is 559. The second-order valence-corrected chi connectivity index (χ2v) is 7.10. The maximum Gasteiger partial charge on any atom is 0.337 e. The monoisotopic (exact) mass is 420 g/mol. The number of hydrogen-bond acceptors (Lipinski definition) is 2. The van der Waals surface area contributed by atoms with Crippen LogP contribution in [0, 0.1) is 0 Å². The van der Waals surface area contributed by atoms with Gasteiger partial charge in [-0.2, -0.15) is 0 Å². The number of carbonyl (C=O) groups is 2. The number of urea groups is 1. The number of carboxylic acid groups (broad SMARTS) is 1. The third-order valence-corrected chi connectivity index (χ3v) is 3.93. The number of nitrogens with one attached hydrogen (secondary N) is 2. The molecule has 0 aromatic heterocycles. The molecule has 0 spiro atoms. The van der Waals surface area contributed by atoms with Crippen molar-refractivity contribution in [2.24, 2.45) is 0 Å². The summed E-state index contributed by atoms with van der Waals surface area (Å²) in [5.41, 5.74) is -0.112. The molecule has 1 rings (SSSR count). The Morgan fingerprint density at radius 2 is 1.90 bits per heavy atom. The number of aromatic carboxylic acids is 1. The van der Waals surface area contributed by atoms with Crippen molar-refractivity contribution in [1.29, 1.82) is 0 Å². The molecule has 3 N–H and O–H groups in total. The molecule has 0 heterocycles. The molecule has 0 unspecified atom stereocenters. The van der Waals surface area contributed by atoms with E-state index in [2.05, 4.69) is 42.5 Å². The number of carbonyl (C=O) groups excluding carboxylic acids is 1. The van der Waals surface area contributed by atoms with Crippen molar-refractivity contribution in [3.8, 4) is 0 Å². The zero-order valence-electron chi connectivity index (χ0n) is 12.1. The van der Waals surface area contributed by atoms with E-state index in [1.54, 1.807) is 6.07 Å². The molecule has 0 aliphatic rings. The third kappa shape index (κ3) is 5.32. The smallest absolute Gasteiger partial charge is 0.337 e. The minimum Gasteiger partial charge on any atom is -0.478 e. The average molecular weight is 422 g/mol. The zero-order chi connectivity index (χ0) is 16.2. The van der Waals surface area contributed by atoms with Gasteiger partial charge in [-0.1, -0.05) is 29.3 Å². The molecule has 0 fully saturated rings. The van der Waals surface area contributed by atoms with Crippen molar-refractivity contribution in [3.05, 3.63) is 26.6 Å². The topological polar surface area (TPSA) is 78.4 Å². The molecule has 0 aliphatic carbocycles. The molecule has 0 radical (unpaired) electrons. The number of halogens is 2. The molecule has 7 heteroatoms. The molecule has 0 saturated heterocycles. The van der Waals surface area contributed by atoms with Gasteiger partial charge in [-0.05, 0) is 48.3 Å². The predicted molar refractivity (Wildman–Crippen MR) is 89.9 cm³/mol. The lowest BCUT2D eigenvalue weighted by Gasteiger charge is -2.26. The van der Waals surface area contributed by atoms with E-state index in [9.17, 15) is 14.7 Å². The summed E-state index contributed by atoms with van der Waals surface area (Å²) in [6.07, 6.45) is 1.77. The normalized spacial score (nSPS) is 11.1. The lowest BCUT2D eigenvalue weighted by Crippen LogP contribution is -2.45. The summed E-state index contributed by atoms with van der Waals surface area (Å²) in [7, 11) is 0.